The molecule has 0 aromatic rings. The Morgan fingerprint density at radius 2 is 1.35 bits per heavy atom. The molecule has 31 heavy (non-hydrogen) atoms. The molecule has 0 radical (unpaired) electrons. The third kappa shape index (κ3) is 30.6. The molecular weight excluding hydrogens is 409 g/mol. The molecule has 0 fully saturated rings. The molecule has 0 aliphatic rings. The summed E-state index contributed by atoms with van der Waals surface area (Å²) in [5.74, 6) is 1.90. The number of aliphatic hydroxyl groups is 1. The normalized spacial score (nSPS) is 11.9. The van der Waals surface area contributed by atoms with Crippen LogP contribution in [0.2, 0.25) is 0 Å². The molecule has 176 valence electrons. The molecule has 0 amide bonds. The molecule has 0 atom stereocenters. The summed E-state index contributed by atoms with van der Waals surface area (Å²) in [5, 5.41) is 17.0. The molecule has 2 N–H and O–H groups in total. The molecule has 0 heterocycles. The molecule has 5 nitrogen and oxygen atoms in total. The number of quaternary nitrogens is 1. The van der Waals surface area contributed by atoms with Gasteiger partial charge in [-0.2, -0.15) is 0 Å². The predicted molar refractivity (Wildman–Crippen MR) is 132 cm³/mol. The van der Waals surface area contributed by atoms with Crippen LogP contribution in [0.25, 0.3) is 0 Å². The van der Waals surface area contributed by atoms with Crippen LogP contribution in [0.15, 0.2) is 48.6 Å². The van der Waals surface area contributed by atoms with Gasteiger partial charge in [0.2, 0.25) is 0 Å². The minimum atomic E-state index is -0.712. The molecule has 0 rings (SSSR count). The predicted octanol–water partition coefficient (Wildman–Crippen LogP) is 6.48. The molecule has 0 aromatic heterocycles. The number of likely N-dealkylation sites (N-methyl/N-ethyl adjacent to an activating group) is 1. The van der Waals surface area contributed by atoms with Crippen LogP contribution in [0.5, 0.6) is 0 Å². The number of nitrogens with zero attached hydrogens (tertiary/aromatic N) is 1. The van der Waals surface area contributed by atoms with E-state index in [1.54, 1.807) is 0 Å². The Balaban J connectivity index is 0. The summed E-state index contributed by atoms with van der Waals surface area (Å²) in [7, 11) is 3.54. The second-order valence-electron chi connectivity index (χ2n) is 7.70. The molecule has 0 bridgehead atoms. The fourth-order valence-corrected chi connectivity index (χ4v) is 2.66. The van der Waals surface area contributed by atoms with E-state index in [0.29, 0.717) is 11.0 Å². The van der Waals surface area contributed by atoms with E-state index in [0.717, 1.165) is 32.1 Å². The van der Waals surface area contributed by atoms with E-state index in [2.05, 4.69) is 61.3 Å². The summed E-state index contributed by atoms with van der Waals surface area (Å²) in [6, 6.07) is 0. The average molecular weight is 453 g/mol. The Morgan fingerprint density at radius 1 is 0.871 bits per heavy atom. The van der Waals surface area contributed by atoms with Crippen LogP contribution in [0.1, 0.15) is 71.1 Å². The number of carboxylic acids is 1. The van der Waals surface area contributed by atoms with E-state index in [9.17, 15) is 9.36 Å². The monoisotopic (exact) mass is 452 g/mol. The topological polar surface area (TPSA) is 74.6 Å². The van der Waals surface area contributed by atoms with Gasteiger partial charge in [0.15, 0.2) is 0 Å². The van der Waals surface area contributed by atoms with E-state index >= 15 is 0 Å². The number of carbonyl (C=O) groups is 1. The summed E-state index contributed by atoms with van der Waals surface area (Å²) in [4.78, 5) is 10.3. The van der Waals surface area contributed by atoms with Crippen LogP contribution in [0.4, 0.5) is 0 Å². The van der Waals surface area contributed by atoms with Crippen LogP contribution in [-0.4, -0.2) is 47.9 Å². The van der Waals surface area contributed by atoms with Gasteiger partial charge in [-0.3, -0.25) is 4.79 Å². The molecule has 0 saturated heterocycles. The van der Waals surface area contributed by atoms with Crippen LogP contribution in [0, 0.1) is 5.75 Å². The standard InChI is InChI=1S/C20H32O2.C5H11NO2P/c1-2-3-4-5-6-7-8-9-10-11-12-13-14-15-16-17-18-19-20(21)22;1-6(2,3-4-7)5-9-8/h6-7,9-10,12-13,15-16H,2-5,8,11,14,17-19H2,1H3,(H,21,22);7H,3-4H2,1-2H3/q;+1/b7-6-,10-9-,13-12-,16-15-;. The van der Waals surface area contributed by atoms with Crippen LogP contribution in [0.3, 0.4) is 0 Å². The van der Waals surface area contributed by atoms with Crippen molar-refractivity contribution in [3.8, 4) is 5.75 Å². The SMILES string of the molecule is CCCCC/C=C\C/C=C\C/C=C\C/C=C\CCCC(=O)O.C[N+](C)(C#P=O)CCO. The van der Waals surface area contributed by atoms with E-state index in [1.165, 1.54) is 25.7 Å². The van der Waals surface area contributed by atoms with Crippen molar-refractivity contribution in [2.75, 3.05) is 27.2 Å². The first kappa shape index (κ1) is 31.5. The molecule has 0 aliphatic carbocycles. The Morgan fingerprint density at radius 3 is 1.77 bits per heavy atom. The first-order chi connectivity index (χ1) is 14.9. The van der Waals surface area contributed by atoms with Crippen molar-refractivity contribution in [2.45, 2.75) is 71.1 Å². The summed E-state index contributed by atoms with van der Waals surface area (Å²) in [6.07, 6.45) is 27.3. The van der Waals surface area contributed by atoms with Crippen molar-refractivity contribution >= 4 is 13.9 Å². The number of hydrogen-bond donors (Lipinski definition) is 2. The Kier molecular flexibility index (Phi) is 25.1. The van der Waals surface area contributed by atoms with E-state index in [-0.39, 0.29) is 20.9 Å². The minimum absolute atomic E-state index is 0.0928. The van der Waals surface area contributed by atoms with Crippen molar-refractivity contribution in [1.82, 2.24) is 0 Å². The van der Waals surface area contributed by atoms with Crippen molar-refractivity contribution in [1.29, 1.82) is 0 Å². The fourth-order valence-electron chi connectivity index (χ4n) is 2.34. The zero-order valence-electron chi connectivity index (χ0n) is 19.7. The Bertz CT molecular complexity index is 645. The van der Waals surface area contributed by atoms with Gasteiger partial charge in [-0.05, 0) is 44.9 Å². The van der Waals surface area contributed by atoms with Crippen molar-refractivity contribution < 1.29 is 24.1 Å². The summed E-state index contributed by atoms with van der Waals surface area (Å²) in [5.41, 5.74) is 0. The van der Waals surface area contributed by atoms with Gasteiger partial charge in [-0.25, -0.2) is 0 Å². The first-order valence-electron chi connectivity index (χ1n) is 11.2. The van der Waals surface area contributed by atoms with E-state index < -0.39 is 5.97 Å². The van der Waals surface area contributed by atoms with Crippen LogP contribution < -0.4 is 0 Å². The molecule has 0 spiro atoms. The van der Waals surface area contributed by atoms with Crippen LogP contribution >= 0.6 is 7.92 Å². The Hall–Kier alpha value is -1.64. The summed E-state index contributed by atoms with van der Waals surface area (Å²) >= 11 is 0. The first-order valence-corrected chi connectivity index (χ1v) is 12.1. The van der Waals surface area contributed by atoms with E-state index in [4.69, 9.17) is 10.2 Å². The number of rotatable bonds is 16. The van der Waals surface area contributed by atoms with Crippen molar-refractivity contribution in [3.63, 3.8) is 0 Å². The molecule has 6 heteroatoms. The van der Waals surface area contributed by atoms with Gasteiger partial charge in [0.05, 0.1) is 0 Å². The molecule has 0 aromatic carbocycles. The summed E-state index contributed by atoms with van der Waals surface area (Å²) < 4.78 is 10.3. The number of aliphatic hydroxyl groups excluding tert-OH is 1. The molecule has 0 unspecified atom stereocenters. The maximum atomic E-state index is 10.3. The van der Waals surface area contributed by atoms with Gasteiger partial charge in [0.25, 0.3) is 0 Å². The second-order valence-corrected chi connectivity index (χ2v) is 8.08. The Labute approximate surface area is 191 Å². The molecule has 0 saturated carbocycles. The number of unbranched alkanes of at least 4 members (excludes halogenated alkanes) is 4. The van der Waals surface area contributed by atoms with Gasteiger partial charge in [0, 0.05) is 6.42 Å². The van der Waals surface area contributed by atoms with Gasteiger partial charge >= 0.3 is 61.0 Å². The van der Waals surface area contributed by atoms with Crippen LogP contribution in [-0.2, 0) is 9.36 Å². The van der Waals surface area contributed by atoms with Crippen molar-refractivity contribution in [3.05, 3.63) is 48.6 Å². The summed E-state index contributed by atoms with van der Waals surface area (Å²) in [6.45, 7) is 2.87. The zero-order valence-corrected chi connectivity index (χ0v) is 20.6. The second kappa shape index (κ2) is 24.6. The quantitative estimate of drug-likeness (QED) is 0.122. The van der Waals surface area contributed by atoms with Gasteiger partial charge < -0.3 is 5.11 Å². The molecular formula is C25H43NO4P+. The van der Waals surface area contributed by atoms with Gasteiger partial charge in [-0.1, -0.05) is 68.4 Å². The third-order valence-electron chi connectivity index (χ3n) is 4.19. The number of aliphatic carboxylic acids is 1. The maximum absolute atomic E-state index is 10.3. The van der Waals surface area contributed by atoms with E-state index in [1.807, 2.05) is 14.1 Å². The van der Waals surface area contributed by atoms with Gasteiger partial charge in [0.1, 0.15) is 0 Å². The number of hydrogen-bond acceptors (Lipinski definition) is 3. The third-order valence-corrected chi connectivity index (χ3v) is 4.81. The zero-order chi connectivity index (χ0) is 23.6. The van der Waals surface area contributed by atoms with Crippen molar-refractivity contribution in [2.24, 2.45) is 0 Å². The molecule has 0 aliphatic heterocycles. The van der Waals surface area contributed by atoms with Gasteiger partial charge in [-0.15, -0.1) is 0 Å². The fraction of sp³-hybridized carbons (Fsp3) is 0.600. The number of carboxylic acid groups (broad SMARTS) is 1. The number of allylic oxidation sites excluding steroid dienone is 8. The average Bonchev–Trinajstić information content (AvgIpc) is 2.70.